The Bertz CT molecular complexity index is 1090. The fourth-order valence-corrected chi connectivity index (χ4v) is 5.01. The predicted molar refractivity (Wildman–Crippen MR) is 127 cm³/mol. The minimum Gasteiger partial charge on any atom is -0.491 e. The van der Waals surface area contributed by atoms with Gasteiger partial charge in [-0.05, 0) is 49.2 Å². The maximum absolute atomic E-state index is 12.9. The second-order valence-corrected chi connectivity index (χ2v) is 9.32. The Morgan fingerprint density at radius 2 is 1.97 bits per heavy atom. The molecule has 184 valence electrons. The van der Waals surface area contributed by atoms with Gasteiger partial charge in [0.2, 0.25) is 5.91 Å². The van der Waals surface area contributed by atoms with Crippen LogP contribution in [0, 0.1) is 5.92 Å². The van der Waals surface area contributed by atoms with Crippen molar-refractivity contribution in [1.29, 1.82) is 0 Å². The van der Waals surface area contributed by atoms with E-state index in [1.807, 2.05) is 12.1 Å². The van der Waals surface area contributed by atoms with Crippen LogP contribution in [0.25, 0.3) is 0 Å². The minimum atomic E-state index is -0.436. The summed E-state index contributed by atoms with van der Waals surface area (Å²) in [5.74, 6) is 0.808. The molecule has 0 saturated carbocycles. The molecule has 0 unspecified atom stereocenters. The smallest absolute Gasteiger partial charge is 0.410 e. The van der Waals surface area contributed by atoms with Gasteiger partial charge in [-0.1, -0.05) is 6.07 Å². The highest BCUT2D eigenvalue weighted by Crippen LogP contribution is 2.27. The van der Waals surface area contributed by atoms with Gasteiger partial charge in [0.05, 0.1) is 13.1 Å². The largest absolute Gasteiger partial charge is 0.491 e. The van der Waals surface area contributed by atoms with E-state index in [0.29, 0.717) is 38.4 Å². The first-order valence-corrected chi connectivity index (χ1v) is 12.2. The number of cyclic esters (lactones) is 1. The fourth-order valence-electron chi connectivity index (χ4n) is 5.01. The summed E-state index contributed by atoms with van der Waals surface area (Å²) in [6.45, 7) is 4.50. The van der Waals surface area contributed by atoms with Crippen LogP contribution in [0.3, 0.4) is 0 Å². The molecule has 0 spiro atoms. The van der Waals surface area contributed by atoms with Crippen molar-refractivity contribution in [2.45, 2.75) is 25.9 Å². The van der Waals surface area contributed by atoms with E-state index >= 15 is 0 Å². The first-order valence-electron chi connectivity index (χ1n) is 12.2. The molecule has 2 aromatic rings. The Hall–Kier alpha value is -3.46. The lowest BCUT2D eigenvalue weighted by Gasteiger charge is -2.32. The fraction of sp³-hybridized carbons (Fsp3) is 0.462. The van der Waals surface area contributed by atoms with Gasteiger partial charge < -0.3 is 14.4 Å². The zero-order chi connectivity index (χ0) is 24.2. The van der Waals surface area contributed by atoms with Crippen molar-refractivity contribution in [1.82, 2.24) is 19.7 Å². The molecule has 9 heteroatoms. The van der Waals surface area contributed by atoms with Gasteiger partial charge in [-0.25, -0.2) is 4.79 Å². The molecule has 3 aliphatic heterocycles. The molecule has 35 heavy (non-hydrogen) atoms. The molecule has 2 saturated heterocycles. The predicted octanol–water partition coefficient (Wildman–Crippen LogP) is 2.35. The molecular formula is C26H30N4O5. The summed E-state index contributed by atoms with van der Waals surface area (Å²) >= 11 is 0. The van der Waals surface area contributed by atoms with Gasteiger partial charge in [0.1, 0.15) is 25.5 Å². The van der Waals surface area contributed by atoms with Gasteiger partial charge in [-0.15, -0.1) is 0 Å². The highest BCUT2D eigenvalue weighted by atomic mass is 16.6. The van der Waals surface area contributed by atoms with Crippen LogP contribution in [0.5, 0.6) is 5.75 Å². The summed E-state index contributed by atoms with van der Waals surface area (Å²) in [5.41, 5.74) is 2.75. The van der Waals surface area contributed by atoms with Crippen molar-refractivity contribution < 1.29 is 23.9 Å². The number of carbonyl (C=O) groups is 3. The third-order valence-electron chi connectivity index (χ3n) is 6.86. The number of carbonyl (C=O) groups excluding carboxylic acids is 3. The van der Waals surface area contributed by atoms with Crippen LogP contribution in [-0.2, 0) is 22.6 Å². The van der Waals surface area contributed by atoms with Gasteiger partial charge in [-0.2, -0.15) is 0 Å². The quantitative estimate of drug-likeness (QED) is 0.589. The van der Waals surface area contributed by atoms with Crippen LogP contribution in [0.2, 0.25) is 0 Å². The number of hydrogen-bond donors (Lipinski definition) is 0. The number of benzene rings is 1. The van der Waals surface area contributed by atoms with Crippen LogP contribution >= 0.6 is 0 Å². The number of ketones is 1. The van der Waals surface area contributed by atoms with Crippen molar-refractivity contribution in [2.75, 3.05) is 45.9 Å². The van der Waals surface area contributed by atoms with E-state index in [2.05, 4.69) is 22.0 Å². The molecule has 1 atom stereocenters. The van der Waals surface area contributed by atoms with E-state index in [9.17, 15) is 14.4 Å². The molecule has 1 aromatic carbocycles. The molecule has 0 bridgehead atoms. The van der Waals surface area contributed by atoms with E-state index in [4.69, 9.17) is 9.47 Å². The van der Waals surface area contributed by atoms with Crippen molar-refractivity contribution in [2.24, 2.45) is 5.92 Å². The van der Waals surface area contributed by atoms with Crippen LogP contribution in [0.4, 0.5) is 4.79 Å². The normalized spacial score (nSPS) is 20.6. The lowest BCUT2D eigenvalue weighted by molar-refractivity contribution is -0.132. The molecule has 4 heterocycles. The Kier molecular flexibility index (Phi) is 6.94. The Balaban J connectivity index is 1.23. The molecular weight excluding hydrogens is 448 g/mol. The standard InChI is InChI=1S/C26H30N4O5/c31-24(18-30-10-12-35-26(30)33)29-9-11-34-23-6-5-19(13-22(23)17-29)15-28-8-2-4-21(16-28)25(32)20-3-1-7-27-14-20/h1,3,5-7,13-14,21H,2,4,8-12,15-18H2/t21-/m1/s1. The molecule has 9 nitrogen and oxygen atoms in total. The van der Waals surface area contributed by atoms with Crippen LogP contribution < -0.4 is 4.74 Å². The number of piperidine rings is 1. The van der Waals surface area contributed by atoms with Crippen molar-refractivity contribution in [3.05, 3.63) is 59.4 Å². The molecule has 0 radical (unpaired) electrons. The summed E-state index contributed by atoms with van der Waals surface area (Å²) < 4.78 is 10.8. The van der Waals surface area contributed by atoms with E-state index < -0.39 is 6.09 Å². The topological polar surface area (TPSA) is 92.3 Å². The summed E-state index contributed by atoms with van der Waals surface area (Å²) in [4.78, 5) is 47.1. The van der Waals surface area contributed by atoms with E-state index in [1.165, 1.54) is 4.90 Å². The molecule has 0 aliphatic carbocycles. The molecule has 2 amide bonds. The molecule has 3 aliphatic rings. The number of rotatable bonds is 6. The number of hydrogen-bond acceptors (Lipinski definition) is 7. The first kappa shape index (κ1) is 23.3. The lowest BCUT2D eigenvalue weighted by atomic mass is 9.90. The van der Waals surface area contributed by atoms with Gasteiger partial charge in [-0.3, -0.25) is 24.4 Å². The third-order valence-corrected chi connectivity index (χ3v) is 6.86. The van der Waals surface area contributed by atoms with Crippen molar-refractivity contribution in [3.8, 4) is 5.75 Å². The molecule has 5 rings (SSSR count). The minimum absolute atomic E-state index is 0.0218. The number of aromatic nitrogens is 1. The maximum Gasteiger partial charge on any atom is 0.410 e. The average Bonchev–Trinajstić information content (AvgIpc) is 3.16. The summed E-state index contributed by atoms with van der Waals surface area (Å²) in [5, 5.41) is 0. The molecule has 0 N–H and O–H groups in total. The monoisotopic (exact) mass is 478 g/mol. The second kappa shape index (κ2) is 10.4. The Morgan fingerprint density at radius 1 is 1.09 bits per heavy atom. The van der Waals surface area contributed by atoms with E-state index in [1.54, 1.807) is 23.4 Å². The van der Waals surface area contributed by atoms with Gasteiger partial charge >= 0.3 is 6.09 Å². The number of ether oxygens (including phenoxy) is 2. The van der Waals surface area contributed by atoms with Gasteiger partial charge in [0, 0.05) is 49.1 Å². The second-order valence-electron chi connectivity index (χ2n) is 9.32. The third kappa shape index (κ3) is 5.45. The summed E-state index contributed by atoms with van der Waals surface area (Å²) in [6.07, 6.45) is 4.76. The van der Waals surface area contributed by atoms with E-state index in [-0.39, 0.29) is 24.2 Å². The number of likely N-dealkylation sites (tertiary alicyclic amines) is 1. The number of Topliss-reactive ketones (excluding diaryl/α,β-unsaturated/α-hetero) is 1. The summed E-state index contributed by atoms with van der Waals surface area (Å²) in [7, 11) is 0. The van der Waals surface area contributed by atoms with Crippen molar-refractivity contribution >= 4 is 17.8 Å². The number of amides is 2. The van der Waals surface area contributed by atoms with Crippen LogP contribution in [0.1, 0.15) is 34.3 Å². The van der Waals surface area contributed by atoms with Crippen molar-refractivity contribution in [3.63, 3.8) is 0 Å². The molecule has 2 fully saturated rings. The Labute approximate surface area is 204 Å². The zero-order valence-electron chi connectivity index (χ0n) is 19.7. The Morgan fingerprint density at radius 3 is 2.77 bits per heavy atom. The highest BCUT2D eigenvalue weighted by Gasteiger charge is 2.29. The zero-order valence-corrected chi connectivity index (χ0v) is 19.7. The number of pyridine rings is 1. The lowest BCUT2D eigenvalue weighted by Crippen LogP contribution is -2.41. The number of fused-ring (bicyclic) bond motifs is 1. The van der Waals surface area contributed by atoms with E-state index in [0.717, 1.165) is 49.4 Å². The van der Waals surface area contributed by atoms with Gasteiger partial charge in [0.15, 0.2) is 5.78 Å². The van der Waals surface area contributed by atoms with Crippen LogP contribution in [0.15, 0.2) is 42.7 Å². The first-order chi connectivity index (χ1) is 17.1. The average molecular weight is 479 g/mol. The highest BCUT2D eigenvalue weighted by molar-refractivity contribution is 5.97. The number of nitrogens with zero attached hydrogens (tertiary/aromatic N) is 4. The maximum atomic E-state index is 12.9. The van der Waals surface area contributed by atoms with Gasteiger partial charge in [0.25, 0.3) is 0 Å². The van der Waals surface area contributed by atoms with Crippen LogP contribution in [-0.4, -0.2) is 83.4 Å². The summed E-state index contributed by atoms with van der Waals surface area (Å²) in [6, 6.07) is 9.76. The molecule has 1 aromatic heterocycles. The SMILES string of the molecule is O=C(c1cccnc1)[C@@H]1CCCN(Cc2ccc3c(c2)CN(C(=O)CN2CCOC2=O)CCO3)C1.